The molecule has 0 aromatic heterocycles. The van der Waals surface area contributed by atoms with Crippen LogP contribution >= 0.6 is 16.9 Å². The van der Waals surface area contributed by atoms with Gasteiger partial charge in [-0.15, -0.1) is 0 Å². The van der Waals surface area contributed by atoms with E-state index in [0.717, 1.165) is 0 Å². The van der Waals surface area contributed by atoms with E-state index in [4.69, 9.17) is 10.8 Å². The highest BCUT2D eigenvalue weighted by atomic mass is 31.1. The second-order valence-corrected chi connectivity index (χ2v) is 3.06. The van der Waals surface area contributed by atoms with Gasteiger partial charge in [0.25, 0.3) is 0 Å². The molecule has 0 amide bonds. The second-order valence-electron chi connectivity index (χ2n) is 1.12. The highest BCUT2D eigenvalue weighted by molar-refractivity contribution is 7.44. The molecule has 1 atom stereocenters. The Balaban J connectivity index is 3.68. The van der Waals surface area contributed by atoms with E-state index < -0.39 is 28.5 Å². The smallest absolute Gasteiger partial charge is 0.175 e. The summed E-state index contributed by atoms with van der Waals surface area (Å²) in [5.74, 6) is 0. The molecule has 0 aliphatic heterocycles. The van der Waals surface area contributed by atoms with E-state index in [0.29, 0.717) is 0 Å². The van der Waals surface area contributed by atoms with Gasteiger partial charge in [-0.3, -0.25) is 9.13 Å². The molecule has 4 nitrogen and oxygen atoms in total. The third-order valence-electron chi connectivity index (χ3n) is 0.521. The zero-order chi connectivity index (χ0) is 6.57. The van der Waals surface area contributed by atoms with E-state index in [9.17, 15) is 9.13 Å². The van der Waals surface area contributed by atoms with E-state index in [1.165, 1.54) is 0 Å². The van der Waals surface area contributed by atoms with Crippen molar-refractivity contribution >= 4 is 16.9 Å². The summed E-state index contributed by atoms with van der Waals surface area (Å²) in [5.41, 5.74) is 4.80. The van der Waals surface area contributed by atoms with E-state index >= 15 is 0 Å². The molecule has 0 aliphatic rings. The molecule has 0 fully saturated rings. The molecule has 0 rings (SSSR count). The van der Waals surface area contributed by atoms with Crippen molar-refractivity contribution in [2.45, 2.75) is 11.6 Å². The van der Waals surface area contributed by atoms with Crippen LogP contribution in [0.5, 0.6) is 0 Å². The number of hydrogen-bond acceptors (Lipinski definition) is 4. The van der Waals surface area contributed by atoms with Crippen molar-refractivity contribution in [2.75, 3.05) is 0 Å². The third-order valence-corrected chi connectivity index (χ3v) is 2.13. The molecule has 0 spiro atoms. The van der Waals surface area contributed by atoms with Crippen molar-refractivity contribution in [1.29, 1.82) is 0 Å². The van der Waals surface area contributed by atoms with Gasteiger partial charge in [0.1, 0.15) is 6.23 Å². The first-order valence-corrected chi connectivity index (χ1v) is 3.57. The predicted molar refractivity (Wildman–Crippen MR) is 29.2 cm³/mol. The summed E-state index contributed by atoms with van der Waals surface area (Å²) in [6, 6.07) is 0. The maximum atomic E-state index is 9.83. The second kappa shape index (κ2) is 4.04. The van der Waals surface area contributed by atoms with Crippen molar-refractivity contribution in [3.63, 3.8) is 0 Å². The summed E-state index contributed by atoms with van der Waals surface area (Å²) < 4.78 is 19.7. The van der Waals surface area contributed by atoms with Crippen LogP contribution in [0, 0.1) is 0 Å². The van der Waals surface area contributed by atoms with Crippen molar-refractivity contribution in [3.8, 4) is 0 Å². The number of aliphatic hydroxyl groups excluding tert-OH is 1. The highest BCUT2D eigenvalue weighted by Gasteiger charge is 2.14. The quantitative estimate of drug-likeness (QED) is 0.447. The number of aliphatic hydroxyl groups is 1. The average Bonchev–Trinajstić information content (AvgIpc) is 1.69. The summed E-state index contributed by atoms with van der Waals surface area (Å²) in [4.78, 5) is 0. The highest BCUT2D eigenvalue weighted by Crippen LogP contribution is 2.19. The Kier molecular flexibility index (Phi) is 4.11. The van der Waals surface area contributed by atoms with Gasteiger partial charge in [0.2, 0.25) is 0 Å². The minimum atomic E-state index is -1.27. The van der Waals surface area contributed by atoms with Crippen molar-refractivity contribution < 1.29 is 14.2 Å². The third kappa shape index (κ3) is 2.43. The van der Waals surface area contributed by atoms with E-state index in [1.807, 2.05) is 0 Å². The lowest BCUT2D eigenvalue weighted by atomic mass is 10.7. The van der Waals surface area contributed by atoms with Gasteiger partial charge < -0.3 is 10.8 Å². The van der Waals surface area contributed by atoms with Gasteiger partial charge in [0.15, 0.2) is 22.3 Å². The fourth-order valence-electron chi connectivity index (χ4n) is 0.144. The Hall–Kier alpha value is 0.120. The topological polar surface area (TPSA) is 80.4 Å². The Morgan fingerprint density at radius 2 is 1.75 bits per heavy atom. The number of hydrogen-bond donors (Lipinski definition) is 2. The molecule has 3 N–H and O–H groups in total. The molecule has 0 radical (unpaired) electrons. The Labute approximate surface area is 49.5 Å². The average molecular weight is 153 g/mol. The van der Waals surface area contributed by atoms with E-state index in [2.05, 4.69) is 0 Å². The van der Waals surface area contributed by atoms with Crippen LogP contribution in [-0.4, -0.2) is 16.7 Å². The summed E-state index contributed by atoms with van der Waals surface area (Å²) in [5, 5.41) is 7.50. The largest absolute Gasteiger partial charge is 0.377 e. The Bertz CT molecular complexity index is 87.3. The molecular formula is C2H5NO3P2. The summed E-state index contributed by atoms with van der Waals surface area (Å²) >= 11 is 0. The summed E-state index contributed by atoms with van der Waals surface area (Å²) in [6.07, 6.45) is -1.27. The molecule has 0 aromatic rings. The lowest BCUT2D eigenvalue weighted by Crippen LogP contribution is -2.26. The summed E-state index contributed by atoms with van der Waals surface area (Å²) in [7, 11) is -0.792. The van der Waals surface area contributed by atoms with Crippen LogP contribution in [0.4, 0.5) is 0 Å². The molecule has 0 saturated heterocycles. The molecule has 46 valence electrons. The molecule has 0 aromatic carbocycles. The first kappa shape index (κ1) is 8.12. The maximum absolute atomic E-state index is 9.83. The Morgan fingerprint density at radius 1 is 1.38 bits per heavy atom. The molecule has 0 aliphatic carbocycles. The first-order chi connectivity index (χ1) is 3.72. The fourth-order valence-corrected chi connectivity index (χ4v) is 0.547. The minimum Gasteiger partial charge on any atom is -0.377 e. The molecule has 1 unspecified atom stereocenters. The van der Waals surface area contributed by atoms with Crippen LogP contribution in [0.3, 0.4) is 0 Å². The van der Waals surface area contributed by atoms with Gasteiger partial charge in [-0.05, 0) is 0 Å². The van der Waals surface area contributed by atoms with Crippen LogP contribution < -0.4 is 5.73 Å². The standard InChI is InChI=1S/C2H5NO3P2/c3-1(4)2(7-5)8-6/h1-2,4H,3H2. The van der Waals surface area contributed by atoms with Crippen LogP contribution in [0.25, 0.3) is 0 Å². The maximum Gasteiger partial charge on any atom is 0.175 e. The molecule has 0 bridgehead atoms. The number of rotatable bonds is 3. The number of nitrogens with two attached hydrogens (primary N) is 1. The van der Waals surface area contributed by atoms with Gasteiger partial charge in [-0.2, -0.15) is 0 Å². The van der Waals surface area contributed by atoms with Crippen LogP contribution in [0.15, 0.2) is 0 Å². The van der Waals surface area contributed by atoms with Crippen LogP contribution in [-0.2, 0) is 9.13 Å². The summed E-state index contributed by atoms with van der Waals surface area (Å²) in [6.45, 7) is 0. The predicted octanol–water partition coefficient (Wildman–Crippen LogP) is 0.173. The van der Waals surface area contributed by atoms with Gasteiger partial charge >= 0.3 is 0 Å². The monoisotopic (exact) mass is 153 g/mol. The SMILES string of the molecule is NC(O)C(P=O)P=O. The van der Waals surface area contributed by atoms with Crippen molar-refractivity contribution in [3.05, 3.63) is 0 Å². The molecule has 0 saturated carbocycles. The lowest BCUT2D eigenvalue weighted by molar-refractivity contribution is 0.197. The van der Waals surface area contributed by atoms with E-state index in [1.54, 1.807) is 0 Å². The fraction of sp³-hybridized carbons (Fsp3) is 1.00. The van der Waals surface area contributed by atoms with Gasteiger partial charge in [0.05, 0.1) is 0 Å². The van der Waals surface area contributed by atoms with Crippen LogP contribution in [0.1, 0.15) is 0 Å². The minimum absolute atomic E-state index is 0.396. The van der Waals surface area contributed by atoms with Crippen molar-refractivity contribution in [1.82, 2.24) is 0 Å². The van der Waals surface area contributed by atoms with Gasteiger partial charge in [0, 0.05) is 0 Å². The molecule has 6 heteroatoms. The van der Waals surface area contributed by atoms with Gasteiger partial charge in [-0.25, -0.2) is 0 Å². The lowest BCUT2D eigenvalue weighted by Gasteiger charge is -2.00. The van der Waals surface area contributed by atoms with E-state index in [-0.39, 0.29) is 0 Å². The van der Waals surface area contributed by atoms with Crippen LogP contribution in [0.2, 0.25) is 0 Å². The molecule has 8 heavy (non-hydrogen) atoms. The first-order valence-electron chi connectivity index (χ1n) is 1.81. The zero-order valence-corrected chi connectivity index (χ0v) is 5.68. The van der Waals surface area contributed by atoms with Crippen molar-refractivity contribution in [2.24, 2.45) is 5.73 Å². The molecule has 0 heterocycles. The molecular weight excluding hydrogens is 148 g/mol. The zero-order valence-electron chi connectivity index (χ0n) is 3.89. The Morgan fingerprint density at radius 3 is 1.75 bits per heavy atom. The normalized spacial score (nSPS) is 18.8. The van der Waals surface area contributed by atoms with Gasteiger partial charge in [-0.1, -0.05) is 0 Å².